The highest BCUT2D eigenvalue weighted by atomic mass is 32.2. The summed E-state index contributed by atoms with van der Waals surface area (Å²) >= 11 is 1.47. The van der Waals surface area contributed by atoms with Crippen molar-refractivity contribution in [2.45, 2.75) is 95.7 Å². The molecule has 16 heteroatoms. The van der Waals surface area contributed by atoms with Crippen molar-refractivity contribution < 1.29 is 32.3 Å². The average molecular weight is 788 g/mol. The summed E-state index contributed by atoms with van der Waals surface area (Å²) in [6.45, 7) is 8.00. The van der Waals surface area contributed by atoms with Crippen LogP contribution in [-0.4, -0.2) is 65.0 Å². The van der Waals surface area contributed by atoms with Crippen LogP contribution in [0, 0.1) is 6.92 Å². The monoisotopic (exact) mass is 787 g/mol. The molecule has 1 saturated heterocycles. The summed E-state index contributed by atoms with van der Waals surface area (Å²) in [4.78, 5) is 61.2. The van der Waals surface area contributed by atoms with Gasteiger partial charge in [-0.1, -0.05) is 6.07 Å². The Kier molecular flexibility index (Phi) is 12.0. The second kappa shape index (κ2) is 16.7. The Morgan fingerprint density at radius 2 is 1.82 bits per heavy atom. The van der Waals surface area contributed by atoms with Crippen molar-refractivity contribution in [3.05, 3.63) is 81.7 Å². The van der Waals surface area contributed by atoms with E-state index in [4.69, 9.17) is 4.74 Å². The molecular weight excluding hydrogens is 743 g/mol. The Balaban J connectivity index is 0.919. The Morgan fingerprint density at radius 3 is 2.56 bits per heavy atom. The molecule has 3 amide bonds. The molecule has 55 heavy (non-hydrogen) atoms. The summed E-state index contributed by atoms with van der Waals surface area (Å²) in [7, 11) is -3.71. The van der Waals surface area contributed by atoms with Gasteiger partial charge in [-0.25, -0.2) is 18.1 Å². The standard InChI is InChI=1S/C39H45N7O7S2/c1-24-21-40-38(44-35(24)41-26-8-7-10-29(20-26)55(51,52)45-39(2,3)4)42-25-11-14-28(15-12-25)53-19-6-5-9-27(47)13-17-33-30-22-46(37(50)31(30)23-54-33)32-16-18-34(48)43-36(32)49/h7-8,10-12,14-15,20-21,23,32,45H,5-6,9,13,16-19,22H2,1-4H3,(H,43,48,49)(H2,40,41,42,44). The molecule has 1 unspecified atom stereocenters. The number of imide groups is 1. The molecule has 4 heterocycles. The van der Waals surface area contributed by atoms with Gasteiger partial charge in [0.1, 0.15) is 23.4 Å². The summed E-state index contributed by atoms with van der Waals surface area (Å²) in [6, 6.07) is 13.3. The van der Waals surface area contributed by atoms with Crippen LogP contribution >= 0.6 is 11.3 Å². The molecule has 6 rings (SSSR count). The van der Waals surface area contributed by atoms with Crippen LogP contribution in [0.25, 0.3) is 0 Å². The first kappa shape index (κ1) is 39.5. The lowest BCUT2D eigenvalue weighted by Gasteiger charge is -2.29. The average Bonchev–Trinajstić information content (AvgIpc) is 3.67. The highest BCUT2D eigenvalue weighted by molar-refractivity contribution is 7.89. The molecule has 0 radical (unpaired) electrons. The van der Waals surface area contributed by atoms with Crippen molar-refractivity contribution >= 4 is 68.0 Å². The normalized spacial score (nSPS) is 15.8. The Bertz CT molecular complexity index is 2200. The van der Waals surface area contributed by atoms with Gasteiger partial charge < -0.3 is 20.3 Å². The van der Waals surface area contributed by atoms with E-state index in [9.17, 15) is 27.6 Å². The second-order valence-corrected chi connectivity index (χ2v) is 17.3. The third kappa shape index (κ3) is 10.1. The van der Waals surface area contributed by atoms with Crippen LogP contribution in [0.1, 0.15) is 85.7 Å². The number of thiophene rings is 1. The number of fused-ring (bicyclic) bond motifs is 1. The van der Waals surface area contributed by atoms with Crippen LogP contribution in [0.4, 0.5) is 23.1 Å². The fourth-order valence-corrected chi connectivity index (χ4v) is 8.84. The van der Waals surface area contributed by atoms with Crippen LogP contribution < -0.4 is 25.4 Å². The minimum atomic E-state index is -3.71. The van der Waals surface area contributed by atoms with Gasteiger partial charge in [-0.15, -0.1) is 11.3 Å². The lowest BCUT2D eigenvalue weighted by Crippen LogP contribution is -2.52. The predicted octanol–water partition coefficient (Wildman–Crippen LogP) is 5.92. The SMILES string of the molecule is Cc1cnc(Nc2ccc(OCCCCC(=O)CCc3scc4c3CN(C3CCC(=O)NC3=O)C4=O)cc2)nc1Nc1cccc(S(=O)(=O)NC(C)(C)C)c1. The van der Waals surface area contributed by atoms with Crippen molar-refractivity contribution in [1.29, 1.82) is 0 Å². The molecule has 0 saturated carbocycles. The van der Waals surface area contributed by atoms with Crippen molar-refractivity contribution in [1.82, 2.24) is 24.9 Å². The number of anilines is 4. The maximum Gasteiger partial charge on any atom is 0.256 e. The summed E-state index contributed by atoms with van der Waals surface area (Å²) in [5.74, 6) is 0.775. The van der Waals surface area contributed by atoms with Gasteiger partial charge in [-0.3, -0.25) is 24.5 Å². The van der Waals surface area contributed by atoms with Crippen LogP contribution in [0.2, 0.25) is 0 Å². The number of rotatable bonds is 16. The summed E-state index contributed by atoms with van der Waals surface area (Å²) in [6.07, 6.45) is 4.98. The Hall–Kier alpha value is -5.19. The number of unbranched alkanes of at least 4 members (excludes halogenated alkanes) is 1. The molecule has 1 fully saturated rings. The topological polar surface area (TPSA) is 189 Å². The van der Waals surface area contributed by atoms with E-state index in [1.54, 1.807) is 56.6 Å². The number of piperidine rings is 1. The van der Waals surface area contributed by atoms with Gasteiger partial charge in [0.25, 0.3) is 5.91 Å². The van der Waals surface area contributed by atoms with Gasteiger partial charge in [-0.2, -0.15) is 4.98 Å². The highest BCUT2D eigenvalue weighted by Crippen LogP contribution is 2.34. The fourth-order valence-electron chi connectivity index (χ4n) is 6.34. The van der Waals surface area contributed by atoms with Crippen molar-refractivity contribution in [2.75, 3.05) is 17.2 Å². The maximum absolute atomic E-state index is 13.0. The number of ketones is 1. The number of amides is 3. The number of nitrogens with one attached hydrogen (secondary N) is 4. The van der Waals surface area contributed by atoms with E-state index >= 15 is 0 Å². The van der Waals surface area contributed by atoms with E-state index in [1.807, 2.05) is 31.2 Å². The van der Waals surface area contributed by atoms with E-state index < -0.39 is 27.5 Å². The number of sulfonamides is 1. The number of hydrogen-bond donors (Lipinski definition) is 4. The molecular formula is C39H45N7O7S2. The number of ether oxygens (including phenoxy) is 1. The fraction of sp³-hybridized carbons (Fsp3) is 0.385. The van der Waals surface area contributed by atoms with Gasteiger partial charge in [0.05, 0.1) is 17.1 Å². The predicted molar refractivity (Wildman–Crippen MR) is 209 cm³/mol. The molecule has 4 aromatic rings. The van der Waals surface area contributed by atoms with E-state index in [0.717, 1.165) is 21.7 Å². The number of hydrogen-bond acceptors (Lipinski definition) is 12. The zero-order valence-electron chi connectivity index (χ0n) is 31.2. The van der Waals surface area contributed by atoms with Crippen LogP contribution in [0.5, 0.6) is 5.75 Å². The molecule has 14 nitrogen and oxygen atoms in total. The summed E-state index contributed by atoms with van der Waals surface area (Å²) < 4.78 is 34.2. The van der Waals surface area contributed by atoms with Gasteiger partial charge >= 0.3 is 0 Å². The van der Waals surface area contributed by atoms with Gasteiger partial charge in [-0.05, 0) is 101 Å². The zero-order chi connectivity index (χ0) is 39.3. The third-order valence-electron chi connectivity index (χ3n) is 9.07. The molecule has 4 N–H and O–H groups in total. The van der Waals surface area contributed by atoms with E-state index in [2.05, 4.69) is 30.6 Å². The van der Waals surface area contributed by atoms with Crippen molar-refractivity contribution in [3.63, 3.8) is 0 Å². The molecule has 2 aliphatic heterocycles. The van der Waals surface area contributed by atoms with Gasteiger partial charge in [0.2, 0.25) is 27.8 Å². The molecule has 0 bridgehead atoms. The number of aryl methyl sites for hydroxylation is 2. The largest absolute Gasteiger partial charge is 0.494 e. The van der Waals surface area contributed by atoms with E-state index in [0.29, 0.717) is 80.4 Å². The van der Waals surface area contributed by atoms with Crippen molar-refractivity contribution in [2.24, 2.45) is 0 Å². The molecule has 2 aliphatic rings. The number of benzene rings is 2. The number of aromatic nitrogens is 2. The number of nitrogens with zero attached hydrogens (tertiary/aromatic N) is 3. The van der Waals surface area contributed by atoms with Crippen LogP contribution in [0.15, 0.2) is 65.0 Å². The Labute approximate surface area is 324 Å². The molecule has 2 aromatic carbocycles. The lowest BCUT2D eigenvalue weighted by molar-refractivity contribution is -0.137. The molecule has 0 aliphatic carbocycles. The minimum Gasteiger partial charge on any atom is -0.494 e. The van der Waals surface area contributed by atoms with Crippen LogP contribution in [-0.2, 0) is 37.4 Å². The van der Waals surface area contributed by atoms with E-state index in [-0.39, 0.29) is 28.9 Å². The maximum atomic E-state index is 13.0. The van der Waals surface area contributed by atoms with Crippen molar-refractivity contribution in [3.8, 4) is 5.75 Å². The second-order valence-electron chi connectivity index (χ2n) is 14.7. The smallest absolute Gasteiger partial charge is 0.256 e. The van der Waals surface area contributed by atoms with Gasteiger partial charge in [0.15, 0.2) is 0 Å². The number of Topliss-reactive ketones (excluding diaryl/α,β-unsaturated/α-hetero) is 1. The first-order valence-electron chi connectivity index (χ1n) is 18.2. The molecule has 290 valence electrons. The summed E-state index contributed by atoms with van der Waals surface area (Å²) in [5, 5.41) is 10.5. The summed E-state index contributed by atoms with van der Waals surface area (Å²) in [5.41, 5.74) is 2.95. The number of carbonyl (C=O) groups is 4. The minimum absolute atomic E-state index is 0.144. The van der Waals surface area contributed by atoms with Crippen LogP contribution in [0.3, 0.4) is 0 Å². The third-order valence-corrected chi connectivity index (χ3v) is 11.9. The Morgan fingerprint density at radius 1 is 1.04 bits per heavy atom. The molecule has 2 aromatic heterocycles. The first-order chi connectivity index (χ1) is 26.1. The van der Waals surface area contributed by atoms with Gasteiger partial charge in [0, 0.05) is 64.7 Å². The molecule has 0 spiro atoms. The van der Waals surface area contributed by atoms with E-state index in [1.165, 1.54) is 16.2 Å². The zero-order valence-corrected chi connectivity index (χ0v) is 32.9. The first-order valence-corrected chi connectivity index (χ1v) is 20.5. The highest BCUT2D eigenvalue weighted by Gasteiger charge is 2.40. The number of carbonyl (C=O) groups excluding carboxylic acids is 4. The molecule has 1 atom stereocenters. The quantitative estimate of drug-likeness (QED) is 0.0779. The lowest BCUT2D eigenvalue weighted by atomic mass is 10.0.